The van der Waals surface area contributed by atoms with Gasteiger partial charge in [0.1, 0.15) is 10.8 Å². The van der Waals surface area contributed by atoms with Crippen LogP contribution in [-0.2, 0) is 6.54 Å². The topological polar surface area (TPSA) is 61.8 Å². The second kappa shape index (κ2) is 12.2. The van der Waals surface area contributed by atoms with Crippen LogP contribution in [-0.4, -0.2) is 50.1 Å². The number of aliphatic imine (C=N–C) groups is 1. The zero-order valence-electron chi connectivity index (χ0n) is 17.6. The largest absolute Gasteiger partial charge is 0.496 e. The van der Waals surface area contributed by atoms with Crippen LogP contribution >= 0.6 is 35.3 Å². The van der Waals surface area contributed by atoms with E-state index in [9.17, 15) is 0 Å². The number of benzene rings is 1. The van der Waals surface area contributed by atoms with Crippen LogP contribution in [0.15, 0.2) is 29.3 Å². The summed E-state index contributed by atoms with van der Waals surface area (Å²) in [6, 6.07) is 8.30. The van der Waals surface area contributed by atoms with Crippen LogP contribution in [0.2, 0.25) is 0 Å². The summed E-state index contributed by atoms with van der Waals surface area (Å²) in [4.78, 5) is 12.7. The molecule has 1 heterocycles. The lowest BCUT2D eigenvalue weighted by atomic mass is 10.0. The Labute approximate surface area is 189 Å². The Bertz CT molecular complexity index is 743. The molecular formula is C20H32IN5OS. The molecule has 0 spiro atoms. The summed E-state index contributed by atoms with van der Waals surface area (Å²) in [6.45, 7) is 8.31. The van der Waals surface area contributed by atoms with Crippen molar-refractivity contribution in [3.63, 3.8) is 0 Å². The van der Waals surface area contributed by atoms with E-state index < -0.39 is 0 Å². The summed E-state index contributed by atoms with van der Waals surface area (Å²) in [5, 5.41) is 7.81. The van der Waals surface area contributed by atoms with E-state index in [0.717, 1.165) is 41.1 Å². The lowest BCUT2D eigenvalue weighted by Gasteiger charge is -2.27. The van der Waals surface area contributed by atoms with E-state index >= 15 is 0 Å². The minimum Gasteiger partial charge on any atom is -0.496 e. The highest BCUT2D eigenvalue weighted by Crippen LogP contribution is 2.27. The number of para-hydroxylation sites is 1. The quantitative estimate of drug-likeness (QED) is 0.318. The van der Waals surface area contributed by atoms with Crippen molar-refractivity contribution in [3.05, 3.63) is 45.4 Å². The number of hydrogen-bond acceptors (Lipinski definition) is 5. The van der Waals surface area contributed by atoms with Gasteiger partial charge >= 0.3 is 0 Å². The van der Waals surface area contributed by atoms with Crippen LogP contribution in [0.4, 0.5) is 0 Å². The highest BCUT2D eigenvalue weighted by Gasteiger charge is 2.18. The van der Waals surface area contributed by atoms with Crippen molar-refractivity contribution in [2.45, 2.75) is 33.4 Å². The molecule has 28 heavy (non-hydrogen) atoms. The van der Waals surface area contributed by atoms with E-state index in [0.29, 0.717) is 6.54 Å². The van der Waals surface area contributed by atoms with Gasteiger partial charge in [0, 0.05) is 23.5 Å². The number of nitrogens with zero attached hydrogens (tertiary/aromatic N) is 3. The maximum atomic E-state index is 5.54. The van der Waals surface area contributed by atoms with Crippen LogP contribution in [0.1, 0.15) is 34.1 Å². The van der Waals surface area contributed by atoms with Gasteiger partial charge in [0.15, 0.2) is 5.96 Å². The first kappa shape index (κ1) is 24.6. The first-order chi connectivity index (χ1) is 13.0. The molecule has 8 heteroatoms. The van der Waals surface area contributed by atoms with Gasteiger partial charge in [-0.25, -0.2) is 9.98 Å². The molecule has 2 aromatic rings. The van der Waals surface area contributed by atoms with Gasteiger partial charge < -0.3 is 20.3 Å². The molecule has 2 N–H and O–H groups in total. The lowest BCUT2D eigenvalue weighted by Crippen LogP contribution is -2.41. The molecule has 1 unspecified atom stereocenters. The van der Waals surface area contributed by atoms with Gasteiger partial charge in [-0.2, -0.15) is 0 Å². The van der Waals surface area contributed by atoms with E-state index in [1.807, 2.05) is 25.1 Å². The predicted octanol–water partition coefficient (Wildman–Crippen LogP) is 3.74. The number of aryl methyl sites for hydroxylation is 2. The summed E-state index contributed by atoms with van der Waals surface area (Å²) < 4.78 is 5.54. The van der Waals surface area contributed by atoms with Crippen LogP contribution in [0.5, 0.6) is 5.75 Å². The summed E-state index contributed by atoms with van der Waals surface area (Å²) in [6.07, 6.45) is 0. The molecule has 0 saturated carbocycles. The summed E-state index contributed by atoms with van der Waals surface area (Å²) in [5.74, 6) is 1.69. The van der Waals surface area contributed by atoms with Crippen molar-refractivity contribution in [2.75, 3.05) is 34.3 Å². The van der Waals surface area contributed by atoms with Gasteiger partial charge in [-0.1, -0.05) is 18.2 Å². The highest BCUT2D eigenvalue weighted by molar-refractivity contribution is 14.0. The van der Waals surface area contributed by atoms with E-state index in [4.69, 9.17) is 9.73 Å². The van der Waals surface area contributed by atoms with Gasteiger partial charge in [-0.3, -0.25) is 0 Å². The van der Waals surface area contributed by atoms with Crippen LogP contribution < -0.4 is 15.4 Å². The predicted molar refractivity (Wildman–Crippen MR) is 129 cm³/mol. The van der Waals surface area contributed by atoms with Crippen molar-refractivity contribution in [1.82, 2.24) is 20.5 Å². The van der Waals surface area contributed by atoms with Gasteiger partial charge in [-0.05, 0) is 40.9 Å². The number of halogens is 1. The Morgan fingerprint density at radius 2 is 1.96 bits per heavy atom. The second-order valence-electron chi connectivity index (χ2n) is 6.55. The van der Waals surface area contributed by atoms with E-state index in [1.165, 1.54) is 4.88 Å². The number of nitrogens with one attached hydrogen (secondary N) is 2. The fourth-order valence-electron chi connectivity index (χ4n) is 2.80. The fourth-order valence-corrected chi connectivity index (χ4v) is 3.66. The van der Waals surface area contributed by atoms with E-state index in [2.05, 4.69) is 54.5 Å². The van der Waals surface area contributed by atoms with Gasteiger partial charge in [-0.15, -0.1) is 35.3 Å². The molecule has 0 saturated heterocycles. The molecule has 0 bridgehead atoms. The number of ether oxygens (including phenoxy) is 1. The zero-order chi connectivity index (χ0) is 19.8. The Balaban J connectivity index is 0.00000392. The van der Waals surface area contributed by atoms with Crippen molar-refractivity contribution in [3.8, 4) is 5.75 Å². The van der Waals surface area contributed by atoms with E-state index in [1.54, 1.807) is 18.4 Å². The minimum absolute atomic E-state index is 0. The van der Waals surface area contributed by atoms with Crippen molar-refractivity contribution in [2.24, 2.45) is 4.99 Å². The molecule has 0 radical (unpaired) electrons. The van der Waals surface area contributed by atoms with E-state index in [-0.39, 0.29) is 30.0 Å². The third-order valence-electron chi connectivity index (χ3n) is 4.37. The maximum absolute atomic E-state index is 5.54. The first-order valence-electron chi connectivity index (χ1n) is 9.20. The SMILES string of the molecule is CCNC(=NCc1nc(C)c(C)s1)NCC(c1ccccc1OC)N(C)C.I. The third kappa shape index (κ3) is 6.89. The number of methoxy groups -OCH3 is 1. The number of rotatable bonds is 8. The molecule has 0 aliphatic rings. The molecule has 1 aromatic carbocycles. The Kier molecular flexibility index (Phi) is 10.8. The Morgan fingerprint density at radius 1 is 1.25 bits per heavy atom. The van der Waals surface area contributed by atoms with Crippen LogP contribution in [0, 0.1) is 13.8 Å². The number of hydrogen-bond donors (Lipinski definition) is 2. The third-order valence-corrected chi connectivity index (χ3v) is 5.43. The average Bonchev–Trinajstić information content (AvgIpc) is 2.97. The van der Waals surface area contributed by atoms with Gasteiger partial charge in [0.05, 0.1) is 25.4 Å². The summed E-state index contributed by atoms with van der Waals surface area (Å²) >= 11 is 1.71. The Morgan fingerprint density at radius 3 is 2.54 bits per heavy atom. The number of guanidine groups is 1. The monoisotopic (exact) mass is 517 g/mol. The first-order valence-corrected chi connectivity index (χ1v) is 10.0. The smallest absolute Gasteiger partial charge is 0.191 e. The molecule has 0 amide bonds. The number of thiazole rings is 1. The molecule has 2 rings (SSSR count). The van der Waals surface area contributed by atoms with Gasteiger partial charge in [0.25, 0.3) is 0 Å². The van der Waals surface area contributed by atoms with Crippen LogP contribution in [0.25, 0.3) is 0 Å². The molecular weight excluding hydrogens is 485 g/mol. The second-order valence-corrected chi connectivity index (χ2v) is 7.83. The zero-order valence-corrected chi connectivity index (χ0v) is 20.7. The molecule has 156 valence electrons. The molecule has 6 nitrogen and oxygen atoms in total. The summed E-state index contributed by atoms with van der Waals surface area (Å²) in [7, 11) is 5.86. The maximum Gasteiger partial charge on any atom is 0.191 e. The standard InChI is InChI=1S/C20H31N5OS.HI/c1-7-21-20(23-13-19-24-14(2)15(3)27-19)22-12-17(25(4)5)16-10-8-9-11-18(16)26-6;/h8-11,17H,7,12-13H2,1-6H3,(H2,21,22,23);1H. The molecule has 0 aliphatic heterocycles. The Hall–Kier alpha value is -1.39. The number of aromatic nitrogens is 1. The molecule has 1 atom stereocenters. The van der Waals surface area contributed by atoms with Crippen molar-refractivity contribution >= 4 is 41.3 Å². The highest BCUT2D eigenvalue weighted by atomic mass is 127. The van der Waals surface area contributed by atoms with Crippen LogP contribution in [0.3, 0.4) is 0 Å². The fraction of sp³-hybridized carbons (Fsp3) is 0.500. The molecule has 0 aliphatic carbocycles. The number of likely N-dealkylation sites (N-methyl/N-ethyl adjacent to an activating group) is 1. The average molecular weight is 517 g/mol. The molecule has 1 aromatic heterocycles. The summed E-state index contributed by atoms with van der Waals surface area (Å²) in [5.41, 5.74) is 2.24. The molecule has 0 fully saturated rings. The van der Waals surface area contributed by atoms with Gasteiger partial charge in [0.2, 0.25) is 0 Å². The normalized spacial score (nSPS) is 12.5. The minimum atomic E-state index is 0. The van der Waals surface area contributed by atoms with Crippen molar-refractivity contribution < 1.29 is 4.74 Å². The van der Waals surface area contributed by atoms with Crippen molar-refractivity contribution in [1.29, 1.82) is 0 Å². The lowest BCUT2D eigenvalue weighted by molar-refractivity contribution is 0.287.